The second-order valence-corrected chi connectivity index (χ2v) is 8.18. The Morgan fingerprint density at radius 3 is 2.52 bits per heavy atom. The van der Waals surface area contributed by atoms with Crippen molar-refractivity contribution in [3.8, 4) is 0 Å². The van der Waals surface area contributed by atoms with E-state index < -0.39 is 29.7 Å². The summed E-state index contributed by atoms with van der Waals surface area (Å²) in [6, 6.07) is 4.03. The van der Waals surface area contributed by atoms with E-state index in [1.165, 1.54) is 0 Å². The van der Waals surface area contributed by atoms with Crippen LogP contribution < -0.4 is 20.9 Å². The molecule has 4 heterocycles. The van der Waals surface area contributed by atoms with Crippen molar-refractivity contribution in [1.29, 1.82) is 0 Å². The first-order valence-electron chi connectivity index (χ1n) is 10.9. The average Bonchev–Trinajstić information content (AvgIpc) is 3.08. The van der Waals surface area contributed by atoms with Gasteiger partial charge in [-0.15, -0.1) is 0 Å². The average molecular weight is 449 g/mol. The minimum Gasteiger partial charge on any atom is -0.365 e. The Morgan fingerprint density at radius 1 is 1.00 bits per heavy atom. The number of piperidine rings is 1. The molecule has 1 atom stereocenters. The van der Waals surface area contributed by atoms with Gasteiger partial charge in [0.2, 0.25) is 11.8 Å². The van der Waals surface area contributed by atoms with E-state index in [4.69, 9.17) is 0 Å². The van der Waals surface area contributed by atoms with Crippen LogP contribution in [0, 0.1) is 0 Å². The Balaban J connectivity index is 1.26. The van der Waals surface area contributed by atoms with E-state index in [0.717, 1.165) is 42.5 Å². The Kier molecular flexibility index (Phi) is 5.47. The quantitative estimate of drug-likeness (QED) is 0.535. The minimum atomic E-state index is -0.971. The summed E-state index contributed by atoms with van der Waals surface area (Å²) in [7, 11) is 0. The maximum atomic E-state index is 12.9. The van der Waals surface area contributed by atoms with Crippen molar-refractivity contribution < 1.29 is 19.2 Å². The summed E-state index contributed by atoms with van der Waals surface area (Å²) >= 11 is 0. The van der Waals surface area contributed by atoms with E-state index in [9.17, 15) is 19.2 Å². The zero-order chi connectivity index (χ0) is 22.9. The van der Waals surface area contributed by atoms with Gasteiger partial charge in [0.05, 0.1) is 23.5 Å². The maximum absolute atomic E-state index is 12.9. The fourth-order valence-electron chi connectivity index (χ4n) is 4.29. The lowest BCUT2D eigenvalue weighted by molar-refractivity contribution is -0.136. The van der Waals surface area contributed by atoms with Gasteiger partial charge < -0.3 is 15.5 Å². The zero-order valence-electron chi connectivity index (χ0n) is 17.8. The van der Waals surface area contributed by atoms with Crippen molar-refractivity contribution >= 4 is 35.3 Å². The zero-order valence-corrected chi connectivity index (χ0v) is 17.8. The normalized spacial score (nSPS) is 20.7. The molecule has 0 spiro atoms. The maximum Gasteiger partial charge on any atom is 0.262 e. The van der Waals surface area contributed by atoms with Crippen LogP contribution in [0.5, 0.6) is 0 Å². The number of piperazine rings is 1. The lowest BCUT2D eigenvalue weighted by atomic mass is 10.0. The number of imide groups is 2. The highest BCUT2D eigenvalue weighted by atomic mass is 16.2. The summed E-state index contributed by atoms with van der Waals surface area (Å²) in [5, 5.41) is 8.67. The number of anilines is 2. The predicted molar refractivity (Wildman–Crippen MR) is 118 cm³/mol. The number of aromatic nitrogens is 2. The molecule has 4 amide bonds. The first-order chi connectivity index (χ1) is 16.0. The Labute approximate surface area is 189 Å². The molecule has 2 aromatic rings. The van der Waals surface area contributed by atoms with Crippen LogP contribution in [0.15, 0.2) is 30.6 Å². The van der Waals surface area contributed by atoms with Crippen LogP contribution in [0.1, 0.15) is 39.1 Å². The highest BCUT2D eigenvalue weighted by Gasteiger charge is 2.44. The van der Waals surface area contributed by atoms with Crippen LogP contribution in [0.4, 0.5) is 11.6 Å². The topological polar surface area (TPSA) is 137 Å². The van der Waals surface area contributed by atoms with E-state index in [2.05, 4.69) is 30.8 Å². The monoisotopic (exact) mass is 449 g/mol. The summed E-state index contributed by atoms with van der Waals surface area (Å²) in [5.74, 6) is -0.625. The van der Waals surface area contributed by atoms with Crippen LogP contribution in [0.2, 0.25) is 0 Å². The van der Waals surface area contributed by atoms with Gasteiger partial charge in [0, 0.05) is 39.1 Å². The van der Waals surface area contributed by atoms with Crippen LogP contribution >= 0.6 is 0 Å². The van der Waals surface area contributed by atoms with E-state index in [1.807, 2.05) is 0 Å². The van der Waals surface area contributed by atoms with Gasteiger partial charge in [0.25, 0.3) is 11.8 Å². The molecule has 170 valence electrons. The third-order valence-electron chi connectivity index (χ3n) is 6.06. The van der Waals surface area contributed by atoms with Gasteiger partial charge in [-0.25, -0.2) is 9.97 Å². The summed E-state index contributed by atoms with van der Waals surface area (Å²) < 4.78 is 0. The van der Waals surface area contributed by atoms with Crippen molar-refractivity contribution in [1.82, 2.24) is 25.5 Å². The third-order valence-corrected chi connectivity index (χ3v) is 6.06. The van der Waals surface area contributed by atoms with Crippen molar-refractivity contribution in [2.45, 2.75) is 25.4 Å². The first-order valence-corrected chi connectivity index (χ1v) is 10.9. The van der Waals surface area contributed by atoms with Crippen LogP contribution in [-0.4, -0.2) is 70.7 Å². The predicted octanol–water partition coefficient (Wildman–Crippen LogP) is -0.100. The number of rotatable bonds is 5. The number of fused-ring (bicyclic) bond motifs is 1. The van der Waals surface area contributed by atoms with Gasteiger partial charge >= 0.3 is 0 Å². The minimum absolute atomic E-state index is 0.0907. The molecule has 33 heavy (non-hydrogen) atoms. The van der Waals surface area contributed by atoms with Crippen molar-refractivity contribution in [3.63, 3.8) is 0 Å². The molecule has 1 aromatic heterocycles. The molecule has 0 bridgehead atoms. The molecule has 0 saturated carbocycles. The summed E-state index contributed by atoms with van der Waals surface area (Å²) in [4.78, 5) is 61.3. The number of nitrogens with zero attached hydrogens (tertiary/aromatic N) is 4. The van der Waals surface area contributed by atoms with E-state index >= 15 is 0 Å². The molecule has 11 nitrogen and oxygen atoms in total. The number of amides is 4. The number of carbonyl (C=O) groups is 4. The third kappa shape index (κ3) is 4.02. The van der Waals surface area contributed by atoms with E-state index in [0.29, 0.717) is 12.4 Å². The number of benzene rings is 1. The van der Waals surface area contributed by atoms with Crippen LogP contribution in [0.25, 0.3) is 0 Å². The van der Waals surface area contributed by atoms with Gasteiger partial charge in [-0.3, -0.25) is 29.4 Å². The first kappa shape index (κ1) is 21.0. The standard InChI is InChI=1S/C22H23N7O4/c30-19-4-3-16(20(31)27-19)29-21(32)14-2-1-13(9-15(14)22(29)33)10-24-17-11-26-18(12-25-17)28-7-5-23-6-8-28/h1-2,9,11-12,16,23H,3-8,10H2,(H,24,25)(H,27,30,31). The van der Waals surface area contributed by atoms with Gasteiger partial charge in [0.15, 0.2) is 0 Å². The molecule has 3 N–H and O–H groups in total. The second kappa shape index (κ2) is 8.58. The molecule has 2 fully saturated rings. The van der Waals surface area contributed by atoms with Gasteiger partial charge in [0.1, 0.15) is 17.7 Å². The molecule has 11 heteroatoms. The van der Waals surface area contributed by atoms with E-state index in [-0.39, 0.29) is 24.0 Å². The van der Waals surface area contributed by atoms with Gasteiger partial charge in [-0.1, -0.05) is 6.07 Å². The van der Waals surface area contributed by atoms with Crippen molar-refractivity contribution in [3.05, 3.63) is 47.3 Å². The lowest BCUT2D eigenvalue weighted by Crippen LogP contribution is -2.54. The van der Waals surface area contributed by atoms with Crippen LogP contribution in [-0.2, 0) is 16.1 Å². The number of nitrogens with one attached hydrogen (secondary N) is 3. The Morgan fingerprint density at radius 2 is 1.79 bits per heavy atom. The molecule has 3 aliphatic heterocycles. The van der Waals surface area contributed by atoms with Gasteiger partial charge in [-0.2, -0.15) is 0 Å². The highest BCUT2D eigenvalue weighted by Crippen LogP contribution is 2.28. The fraction of sp³-hybridized carbons (Fsp3) is 0.364. The molecule has 1 aromatic carbocycles. The molecular weight excluding hydrogens is 426 g/mol. The summed E-state index contributed by atoms with van der Waals surface area (Å²) in [6.07, 6.45) is 3.63. The summed E-state index contributed by atoms with van der Waals surface area (Å²) in [6.45, 7) is 4.00. The van der Waals surface area contributed by atoms with Gasteiger partial charge in [-0.05, 0) is 24.1 Å². The largest absolute Gasteiger partial charge is 0.365 e. The Bertz CT molecular complexity index is 1130. The van der Waals surface area contributed by atoms with Crippen molar-refractivity contribution in [2.75, 3.05) is 36.4 Å². The molecule has 5 rings (SSSR count). The number of hydrogen-bond donors (Lipinski definition) is 3. The smallest absolute Gasteiger partial charge is 0.262 e. The molecule has 1 unspecified atom stereocenters. The van der Waals surface area contributed by atoms with E-state index in [1.54, 1.807) is 30.6 Å². The number of hydrogen-bond acceptors (Lipinski definition) is 9. The molecule has 2 saturated heterocycles. The lowest BCUT2D eigenvalue weighted by Gasteiger charge is -2.28. The molecule has 3 aliphatic rings. The Hall–Kier alpha value is -3.86. The van der Waals surface area contributed by atoms with Crippen molar-refractivity contribution in [2.24, 2.45) is 0 Å². The fourth-order valence-corrected chi connectivity index (χ4v) is 4.29. The summed E-state index contributed by atoms with van der Waals surface area (Å²) in [5.41, 5.74) is 1.30. The van der Waals surface area contributed by atoms with Crippen LogP contribution in [0.3, 0.4) is 0 Å². The molecular formula is C22H23N7O4. The second-order valence-electron chi connectivity index (χ2n) is 8.18. The molecule has 0 radical (unpaired) electrons. The molecule has 0 aliphatic carbocycles. The SMILES string of the molecule is O=C1CCC(N2C(=O)c3ccc(CNc4cnc(N5CCNCC5)cn4)cc3C2=O)C(=O)N1. The highest BCUT2D eigenvalue weighted by molar-refractivity contribution is 6.23. The number of carbonyl (C=O) groups excluding carboxylic acids is 4.